The Bertz CT molecular complexity index is 1420. The zero-order valence-corrected chi connectivity index (χ0v) is 18.2. The van der Waals surface area contributed by atoms with Crippen molar-refractivity contribution in [3.8, 4) is 11.1 Å². The predicted molar refractivity (Wildman–Crippen MR) is 118 cm³/mol. The monoisotopic (exact) mass is 442 g/mol. The van der Waals surface area contributed by atoms with Gasteiger partial charge in [0, 0.05) is 17.0 Å². The Kier molecular flexibility index (Phi) is 5.03. The van der Waals surface area contributed by atoms with Crippen LogP contribution in [0.2, 0.25) is 5.02 Å². The summed E-state index contributed by atoms with van der Waals surface area (Å²) in [5.41, 5.74) is 3.64. The van der Waals surface area contributed by atoms with Gasteiger partial charge in [-0.2, -0.15) is 0 Å². The molecule has 154 valence electrons. The number of hydrogen-bond donors (Lipinski definition) is 1. The molecule has 2 aromatic heterocycles. The lowest BCUT2D eigenvalue weighted by molar-refractivity contribution is 0.0601. The van der Waals surface area contributed by atoms with E-state index in [1.165, 1.54) is 7.11 Å². The second-order valence-corrected chi connectivity index (χ2v) is 9.65. The molecule has 2 heterocycles. The van der Waals surface area contributed by atoms with Gasteiger partial charge in [0.1, 0.15) is 5.65 Å². The molecule has 2 aromatic carbocycles. The summed E-state index contributed by atoms with van der Waals surface area (Å²) in [6.45, 7) is 3.54. The number of methoxy groups -OCH3 is 1. The number of nitrogens with one attached hydrogen (secondary N) is 1. The number of aryl methyl sites for hydroxylation is 1. The first kappa shape index (κ1) is 20.4. The van der Waals surface area contributed by atoms with Crippen LogP contribution in [0.15, 0.2) is 47.5 Å². The van der Waals surface area contributed by atoms with Crippen molar-refractivity contribution in [2.75, 3.05) is 12.9 Å². The van der Waals surface area contributed by atoms with Crippen molar-refractivity contribution in [1.82, 2.24) is 9.97 Å². The Morgan fingerprint density at radius 1 is 1.23 bits per heavy atom. The fraction of sp³-hybridized carbons (Fsp3) is 0.182. The average molecular weight is 443 g/mol. The van der Waals surface area contributed by atoms with Crippen molar-refractivity contribution in [1.29, 1.82) is 0 Å². The van der Waals surface area contributed by atoms with E-state index >= 15 is 0 Å². The lowest BCUT2D eigenvalue weighted by Crippen LogP contribution is -2.04. The molecule has 4 aromatic rings. The number of pyridine rings is 1. The second-order valence-electron chi connectivity index (χ2n) is 6.99. The fourth-order valence-corrected chi connectivity index (χ4v) is 4.74. The van der Waals surface area contributed by atoms with Gasteiger partial charge >= 0.3 is 5.97 Å². The minimum absolute atomic E-state index is 0.00388. The molecule has 0 saturated heterocycles. The number of aromatic nitrogens is 2. The highest BCUT2D eigenvalue weighted by atomic mass is 35.5. The molecule has 0 unspecified atom stereocenters. The van der Waals surface area contributed by atoms with Gasteiger partial charge in [-0.15, -0.1) is 0 Å². The summed E-state index contributed by atoms with van der Waals surface area (Å²) in [6.07, 6.45) is 1.74. The average Bonchev–Trinajstić information content (AvgIpc) is 3.13. The van der Waals surface area contributed by atoms with Gasteiger partial charge in [-0.25, -0.2) is 18.2 Å². The van der Waals surface area contributed by atoms with Crippen LogP contribution < -0.4 is 0 Å². The molecule has 0 bridgehead atoms. The number of fused-ring (bicyclic) bond motifs is 3. The van der Waals surface area contributed by atoms with Crippen molar-refractivity contribution in [2.45, 2.75) is 18.7 Å². The number of esters is 1. The number of hydrogen-bond acceptors (Lipinski definition) is 5. The molecule has 4 rings (SSSR count). The van der Waals surface area contributed by atoms with Gasteiger partial charge < -0.3 is 9.72 Å². The molecule has 0 spiro atoms. The van der Waals surface area contributed by atoms with E-state index in [1.54, 1.807) is 43.5 Å². The minimum atomic E-state index is -3.39. The number of aromatic amines is 1. The first-order valence-corrected chi connectivity index (χ1v) is 11.3. The van der Waals surface area contributed by atoms with E-state index in [0.717, 1.165) is 16.3 Å². The maximum Gasteiger partial charge on any atom is 0.339 e. The van der Waals surface area contributed by atoms with Crippen LogP contribution in [0.5, 0.6) is 0 Å². The van der Waals surface area contributed by atoms with Crippen LogP contribution in [-0.2, 0) is 14.6 Å². The Morgan fingerprint density at radius 3 is 2.70 bits per heavy atom. The van der Waals surface area contributed by atoms with E-state index in [1.807, 2.05) is 13.0 Å². The van der Waals surface area contributed by atoms with Crippen LogP contribution in [-0.4, -0.2) is 37.2 Å². The molecule has 0 saturated carbocycles. The molecular formula is C22H19ClN2O4S. The number of sulfone groups is 1. The summed E-state index contributed by atoms with van der Waals surface area (Å²) in [5, 5.41) is 1.83. The fourth-order valence-electron chi connectivity index (χ4n) is 3.54. The van der Waals surface area contributed by atoms with E-state index in [9.17, 15) is 13.2 Å². The second kappa shape index (κ2) is 7.41. The molecule has 0 aliphatic rings. The number of ether oxygens (including phenoxy) is 1. The number of H-pyrrole nitrogens is 1. The molecule has 8 heteroatoms. The van der Waals surface area contributed by atoms with Gasteiger partial charge in [-0.3, -0.25) is 0 Å². The quantitative estimate of drug-likeness (QED) is 0.453. The van der Waals surface area contributed by atoms with Crippen molar-refractivity contribution in [3.63, 3.8) is 0 Å². The van der Waals surface area contributed by atoms with Crippen LogP contribution in [0.25, 0.3) is 33.1 Å². The maximum atomic E-state index is 12.4. The summed E-state index contributed by atoms with van der Waals surface area (Å²) < 4.78 is 29.7. The molecule has 30 heavy (non-hydrogen) atoms. The topological polar surface area (TPSA) is 89.1 Å². The Morgan fingerprint density at radius 2 is 2.00 bits per heavy atom. The van der Waals surface area contributed by atoms with Gasteiger partial charge in [0.25, 0.3) is 0 Å². The molecular weight excluding hydrogens is 424 g/mol. The van der Waals surface area contributed by atoms with Crippen LogP contribution in [0.3, 0.4) is 0 Å². The van der Waals surface area contributed by atoms with Crippen LogP contribution in [0, 0.1) is 6.92 Å². The summed E-state index contributed by atoms with van der Waals surface area (Å²) >= 11 is 6.56. The van der Waals surface area contributed by atoms with Crippen molar-refractivity contribution in [3.05, 3.63) is 58.7 Å². The predicted octanol–water partition coefficient (Wildman–Crippen LogP) is 4.93. The van der Waals surface area contributed by atoms with E-state index in [0.29, 0.717) is 22.3 Å². The minimum Gasteiger partial charge on any atom is -0.465 e. The van der Waals surface area contributed by atoms with E-state index in [2.05, 4.69) is 9.97 Å². The molecule has 0 atom stereocenters. The Balaban J connectivity index is 2.14. The molecule has 0 aliphatic carbocycles. The first-order valence-electron chi connectivity index (χ1n) is 9.29. The Hall–Kier alpha value is -2.90. The smallest absolute Gasteiger partial charge is 0.339 e. The summed E-state index contributed by atoms with van der Waals surface area (Å²) in [5.74, 6) is -0.584. The zero-order valence-electron chi connectivity index (χ0n) is 16.6. The molecule has 0 amide bonds. The summed E-state index contributed by atoms with van der Waals surface area (Å²) in [7, 11) is -2.11. The zero-order chi connectivity index (χ0) is 21.6. The number of carbonyl (C=O) groups excluding carboxylic acids is 1. The third-order valence-electron chi connectivity index (χ3n) is 5.09. The van der Waals surface area contributed by atoms with E-state index < -0.39 is 15.8 Å². The van der Waals surface area contributed by atoms with Crippen molar-refractivity contribution < 1.29 is 17.9 Å². The third-order valence-corrected chi connectivity index (χ3v) is 7.22. The molecule has 1 N–H and O–H groups in total. The number of rotatable bonds is 4. The van der Waals surface area contributed by atoms with Gasteiger partial charge in [-0.1, -0.05) is 30.7 Å². The van der Waals surface area contributed by atoms with Gasteiger partial charge in [-0.05, 0) is 47.9 Å². The largest absolute Gasteiger partial charge is 0.465 e. The van der Waals surface area contributed by atoms with E-state index in [4.69, 9.17) is 16.3 Å². The number of nitrogens with zero attached hydrogens (tertiary/aromatic N) is 1. The highest BCUT2D eigenvalue weighted by Crippen LogP contribution is 2.40. The maximum absolute atomic E-state index is 12.4. The first-order chi connectivity index (χ1) is 14.3. The third kappa shape index (κ3) is 3.24. The standard InChI is InChI=1S/C22H19ClN2O4S/c1-4-30(27,28)14-7-5-6-13(9-14)15-10-17(22(26)29-3)19(23)20-18(15)16-8-12(2)11-24-21(16)25-20/h5-11H,4H2,1-3H3,(H,24,25). The number of benzene rings is 2. The summed E-state index contributed by atoms with van der Waals surface area (Å²) in [6, 6.07) is 10.3. The number of halogens is 1. The van der Waals surface area contributed by atoms with Gasteiger partial charge in [0.15, 0.2) is 9.84 Å². The highest BCUT2D eigenvalue weighted by Gasteiger charge is 2.22. The van der Waals surface area contributed by atoms with Gasteiger partial charge in [0.2, 0.25) is 0 Å². The Labute approximate surface area is 178 Å². The molecule has 0 aliphatic heterocycles. The molecule has 0 fully saturated rings. The normalized spacial score (nSPS) is 11.9. The van der Waals surface area contributed by atoms with Crippen LogP contribution >= 0.6 is 11.6 Å². The van der Waals surface area contributed by atoms with E-state index in [-0.39, 0.29) is 21.2 Å². The lowest BCUT2D eigenvalue weighted by Gasteiger charge is -2.11. The van der Waals surface area contributed by atoms with Crippen LogP contribution in [0.4, 0.5) is 0 Å². The van der Waals surface area contributed by atoms with Gasteiger partial charge in [0.05, 0.1) is 33.9 Å². The summed E-state index contributed by atoms with van der Waals surface area (Å²) in [4.78, 5) is 20.2. The van der Waals surface area contributed by atoms with Crippen LogP contribution in [0.1, 0.15) is 22.8 Å². The highest BCUT2D eigenvalue weighted by molar-refractivity contribution is 7.91. The lowest BCUT2D eigenvalue weighted by atomic mass is 9.97. The molecule has 6 nitrogen and oxygen atoms in total. The van der Waals surface area contributed by atoms with Crippen molar-refractivity contribution >= 4 is 49.3 Å². The number of carbonyl (C=O) groups is 1. The SMILES string of the molecule is CCS(=O)(=O)c1cccc(-c2cc(C(=O)OC)c(Cl)c3[nH]c4ncc(C)cc4c23)c1. The molecule has 0 radical (unpaired) electrons. The van der Waals surface area contributed by atoms with Crippen molar-refractivity contribution in [2.24, 2.45) is 0 Å².